The zero-order chi connectivity index (χ0) is 16.9. The molecule has 7 heteroatoms. The summed E-state index contributed by atoms with van der Waals surface area (Å²) >= 11 is 9.95. The quantitative estimate of drug-likeness (QED) is 0.606. The van der Waals surface area contributed by atoms with Crippen molar-refractivity contribution in [1.29, 1.82) is 0 Å². The number of thiocarbonyl (C=S) groups is 1. The summed E-state index contributed by atoms with van der Waals surface area (Å²) in [6, 6.07) is 17.0. The molecule has 0 fully saturated rings. The van der Waals surface area contributed by atoms with Gasteiger partial charge in [0.15, 0.2) is 10.2 Å². The van der Waals surface area contributed by atoms with E-state index in [9.17, 15) is 4.79 Å². The molecule has 0 aliphatic rings. The Morgan fingerprint density at radius 2 is 1.92 bits per heavy atom. The number of nitrogens with zero attached hydrogens (tertiary/aromatic N) is 1. The van der Waals surface area contributed by atoms with Crippen LogP contribution in [-0.4, -0.2) is 16.0 Å². The number of hydrogen-bond donors (Lipinski definition) is 2. The maximum atomic E-state index is 12.1. The molecule has 3 rings (SSSR count). The van der Waals surface area contributed by atoms with Crippen LogP contribution < -0.4 is 10.6 Å². The number of halogens is 1. The van der Waals surface area contributed by atoms with Crippen LogP contribution in [0.25, 0.3) is 11.3 Å². The summed E-state index contributed by atoms with van der Waals surface area (Å²) in [7, 11) is 0. The Labute approximate surface area is 157 Å². The van der Waals surface area contributed by atoms with Gasteiger partial charge in [0.1, 0.15) is 0 Å². The maximum absolute atomic E-state index is 12.1. The van der Waals surface area contributed by atoms with Crippen molar-refractivity contribution in [3.8, 4) is 11.3 Å². The summed E-state index contributed by atoms with van der Waals surface area (Å²) < 4.78 is 0.835. The molecule has 120 valence electrons. The van der Waals surface area contributed by atoms with Crippen molar-refractivity contribution in [1.82, 2.24) is 10.3 Å². The third kappa shape index (κ3) is 4.25. The average Bonchev–Trinajstić information content (AvgIpc) is 3.04. The number of rotatable bonds is 3. The molecule has 24 heavy (non-hydrogen) atoms. The minimum Gasteiger partial charge on any atom is -0.308 e. The lowest BCUT2D eigenvalue weighted by atomic mass is 10.2. The van der Waals surface area contributed by atoms with Gasteiger partial charge in [-0.25, -0.2) is 4.98 Å². The van der Waals surface area contributed by atoms with Crippen LogP contribution in [0.4, 0.5) is 5.13 Å². The number of carbonyl (C=O) groups is 1. The Hall–Kier alpha value is -2.09. The van der Waals surface area contributed by atoms with E-state index in [4.69, 9.17) is 12.2 Å². The van der Waals surface area contributed by atoms with Crippen LogP contribution in [0.3, 0.4) is 0 Å². The minimum absolute atomic E-state index is 0.217. The average molecular weight is 418 g/mol. The second-order valence-electron chi connectivity index (χ2n) is 4.82. The van der Waals surface area contributed by atoms with Gasteiger partial charge in [-0.15, -0.1) is 11.3 Å². The molecule has 0 radical (unpaired) electrons. The Morgan fingerprint density at radius 3 is 2.67 bits per heavy atom. The van der Waals surface area contributed by atoms with Crippen molar-refractivity contribution in [2.75, 3.05) is 5.32 Å². The highest BCUT2D eigenvalue weighted by molar-refractivity contribution is 9.10. The van der Waals surface area contributed by atoms with E-state index in [2.05, 4.69) is 31.5 Å². The van der Waals surface area contributed by atoms with Gasteiger partial charge in [0.25, 0.3) is 5.91 Å². The summed E-state index contributed by atoms with van der Waals surface area (Å²) in [6.45, 7) is 0. The van der Waals surface area contributed by atoms with E-state index in [0.717, 1.165) is 15.7 Å². The number of hydrogen-bond acceptors (Lipinski definition) is 4. The minimum atomic E-state index is -0.270. The van der Waals surface area contributed by atoms with Crippen LogP contribution in [-0.2, 0) is 0 Å². The zero-order valence-electron chi connectivity index (χ0n) is 12.3. The van der Waals surface area contributed by atoms with Gasteiger partial charge in [-0.1, -0.05) is 52.3 Å². The fourth-order valence-electron chi connectivity index (χ4n) is 2.01. The molecule has 2 N–H and O–H groups in total. The number of amides is 1. The second kappa shape index (κ2) is 7.65. The number of carbonyl (C=O) groups excluding carboxylic acids is 1. The number of nitrogens with one attached hydrogen (secondary N) is 2. The van der Waals surface area contributed by atoms with Crippen molar-refractivity contribution in [2.45, 2.75) is 0 Å². The Kier molecular flexibility index (Phi) is 5.34. The Morgan fingerprint density at radius 1 is 1.12 bits per heavy atom. The molecule has 1 heterocycles. The fraction of sp³-hybridized carbons (Fsp3) is 0. The van der Waals surface area contributed by atoms with E-state index in [0.29, 0.717) is 10.7 Å². The molecule has 1 amide bonds. The molecule has 0 bridgehead atoms. The molecule has 0 atom stereocenters. The monoisotopic (exact) mass is 417 g/mol. The molecule has 0 saturated heterocycles. The normalized spacial score (nSPS) is 10.2. The van der Waals surface area contributed by atoms with Crippen molar-refractivity contribution < 1.29 is 4.79 Å². The molecule has 1 aromatic heterocycles. The van der Waals surface area contributed by atoms with Gasteiger partial charge >= 0.3 is 0 Å². The van der Waals surface area contributed by atoms with E-state index >= 15 is 0 Å². The third-order valence-corrected chi connectivity index (χ3v) is 4.56. The number of benzene rings is 2. The highest BCUT2D eigenvalue weighted by Gasteiger charge is 2.10. The molecule has 0 aliphatic carbocycles. The van der Waals surface area contributed by atoms with Crippen molar-refractivity contribution in [2.24, 2.45) is 0 Å². The van der Waals surface area contributed by atoms with Crippen LogP contribution in [0.5, 0.6) is 0 Å². The predicted molar refractivity (Wildman–Crippen MR) is 105 cm³/mol. The van der Waals surface area contributed by atoms with Gasteiger partial charge in [0.05, 0.1) is 5.69 Å². The largest absolute Gasteiger partial charge is 0.308 e. The van der Waals surface area contributed by atoms with Gasteiger partial charge in [-0.2, -0.15) is 0 Å². The van der Waals surface area contributed by atoms with Crippen LogP contribution in [0, 0.1) is 0 Å². The number of anilines is 1. The fourth-order valence-corrected chi connectivity index (χ4v) is 3.38. The van der Waals surface area contributed by atoms with E-state index < -0.39 is 0 Å². The molecule has 0 unspecified atom stereocenters. The van der Waals surface area contributed by atoms with Crippen molar-refractivity contribution in [3.05, 3.63) is 70.0 Å². The lowest BCUT2D eigenvalue weighted by Gasteiger charge is -2.07. The zero-order valence-corrected chi connectivity index (χ0v) is 15.5. The predicted octanol–water partition coefficient (Wildman–Crippen LogP) is 4.70. The van der Waals surface area contributed by atoms with Gasteiger partial charge in [-0.3, -0.25) is 10.1 Å². The molecule has 3 aromatic rings. The molecule has 0 spiro atoms. The Balaban J connectivity index is 1.63. The van der Waals surface area contributed by atoms with Crippen LogP contribution in [0.15, 0.2) is 64.5 Å². The van der Waals surface area contributed by atoms with Gasteiger partial charge in [0, 0.05) is 21.0 Å². The highest BCUT2D eigenvalue weighted by Crippen LogP contribution is 2.24. The lowest BCUT2D eigenvalue weighted by molar-refractivity contribution is 0.0977. The van der Waals surface area contributed by atoms with Gasteiger partial charge in [0.2, 0.25) is 0 Å². The standard InChI is InChI=1S/C17H12BrN3OS2/c18-13-8-4-7-12(9-13)15(22)20-16(23)21-17-19-14(10-24-17)11-5-2-1-3-6-11/h1-10H,(H2,19,20,21,22,23). The van der Waals surface area contributed by atoms with Gasteiger partial charge < -0.3 is 5.32 Å². The van der Waals surface area contributed by atoms with E-state index in [1.807, 2.05) is 41.8 Å². The smallest absolute Gasteiger partial charge is 0.257 e. The molecular formula is C17H12BrN3OS2. The molecular weight excluding hydrogens is 406 g/mol. The first-order chi connectivity index (χ1) is 11.6. The summed E-state index contributed by atoms with van der Waals surface area (Å²) in [6.07, 6.45) is 0. The maximum Gasteiger partial charge on any atom is 0.257 e. The van der Waals surface area contributed by atoms with E-state index in [1.165, 1.54) is 11.3 Å². The molecule has 0 saturated carbocycles. The summed E-state index contributed by atoms with van der Waals surface area (Å²) in [5, 5.41) is 8.38. The number of aromatic nitrogens is 1. The molecule has 4 nitrogen and oxygen atoms in total. The first-order valence-electron chi connectivity index (χ1n) is 7.00. The van der Waals surface area contributed by atoms with E-state index in [1.54, 1.807) is 18.2 Å². The first kappa shape index (κ1) is 16.8. The van der Waals surface area contributed by atoms with E-state index in [-0.39, 0.29) is 11.0 Å². The Bertz CT molecular complexity index is 880. The van der Waals surface area contributed by atoms with Crippen LogP contribution in [0.2, 0.25) is 0 Å². The third-order valence-electron chi connectivity index (χ3n) is 3.11. The summed E-state index contributed by atoms with van der Waals surface area (Å²) in [5.74, 6) is -0.270. The van der Waals surface area contributed by atoms with Crippen molar-refractivity contribution in [3.63, 3.8) is 0 Å². The lowest BCUT2D eigenvalue weighted by Crippen LogP contribution is -2.34. The van der Waals surface area contributed by atoms with Crippen molar-refractivity contribution >= 4 is 55.6 Å². The molecule has 2 aromatic carbocycles. The summed E-state index contributed by atoms with van der Waals surface area (Å²) in [5.41, 5.74) is 2.42. The topological polar surface area (TPSA) is 54.0 Å². The van der Waals surface area contributed by atoms with Gasteiger partial charge in [-0.05, 0) is 30.4 Å². The summed E-state index contributed by atoms with van der Waals surface area (Å²) in [4.78, 5) is 16.6. The first-order valence-corrected chi connectivity index (χ1v) is 9.09. The number of thiazole rings is 1. The second-order valence-corrected chi connectivity index (χ2v) is 7.00. The highest BCUT2D eigenvalue weighted by atomic mass is 79.9. The molecule has 0 aliphatic heterocycles. The van der Waals surface area contributed by atoms with Crippen LogP contribution in [0.1, 0.15) is 10.4 Å². The van der Waals surface area contributed by atoms with Crippen LogP contribution >= 0.6 is 39.5 Å². The SMILES string of the molecule is O=C(NC(=S)Nc1nc(-c2ccccc2)cs1)c1cccc(Br)c1.